The molecular formula is C47H40N6O2. The normalized spacial score (nSPS) is 15.3. The molecule has 0 unspecified atom stereocenters. The molecule has 1 aromatic heterocycles. The van der Waals surface area contributed by atoms with Crippen molar-refractivity contribution in [3.63, 3.8) is 0 Å². The molecule has 1 aliphatic heterocycles. The fourth-order valence-corrected chi connectivity index (χ4v) is 8.66. The first kappa shape index (κ1) is 34.1. The van der Waals surface area contributed by atoms with E-state index in [0.717, 1.165) is 57.3 Å². The van der Waals surface area contributed by atoms with E-state index >= 15 is 0 Å². The maximum Gasteiger partial charge on any atom is 0.257 e. The van der Waals surface area contributed by atoms with Gasteiger partial charge in [-0.1, -0.05) is 183 Å². The van der Waals surface area contributed by atoms with E-state index in [1.54, 1.807) is 10.0 Å². The zero-order valence-corrected chi connectivity index (χ0v) is 30.4. The lowest BCUT2D eigenvalue weighted by Gasteiger charge is -2.36. The Labute approximate surface area is 320 Å². The van der Waals surface area contributed by atoms with Gasteiger partial charge >= 0.3 is 0 Å². The van der Waals surface area contributed by atoms with E-state index in [9.17, 15) is 9.59 Å². The molecule has 1 saturated carbocycles. The largest absolute Gasteiger partial charge is 0.272 e. The van der Waals surface area contributed by atoms with Gasteiger partial charge in [0.2, 0.25) is 0 Å². The molecule has 6 aromatic carbocycles. The summed E-state index contributed by atoms with van der Waals surface area (Å²) < 4.78 is 1.95. The minimum atomic E-state index is -0.938. The van der Waals surface area contributed by atoms with Gasteiger partial charge in [0.15, 0.2) is 5.82 Å². The van der Waals surface area contributed by atoms with Crippen LogP contribution in [0.4, 0.5) is 0 Å². The molecule has 8 heteroatoms. The Balaban J connectivity index is 1.10. The Morgan fingerprint density at radius 1 is 0.509 bits per heavy atom. The highest BCUT2D eigenvalue weighted by Gasteiger charge is 2.59. The summed E-state index contributed by atoms with van der Waals surface area (Å²) in [6.45, 7) is 0.677. The number of benzene rings is 6. The molecule has 2 fully saturated rings. The second-order valence-corrected chi connectivity index (χ2v) is 14.5. The number of tetrazole rings is 1. The first-order valence-electron chi connectivity index (χ1n) is 18.9. The van der Waals surface area contributed by atoms with E-state index in [4.69, 9.17) is 10.3 Å². The van der Waals surface area contributed by atoms with Crippen LogP contribution >= 0.6 is 0 Å². The lowest BCUT2D eigenvalue weighted by molar-refractivity contribution is -0.149. The van der Waals surface area contributed by atoms with Crippen LogP contribution in [0.5, 0.6) is 0 Å². The van der Waals surface area contributed by atoms with E-state index in [1.807, 2.05) is 65.3 Å². The minimum Gasteiger partial charge on any atom is -0.272 e. The van der Waals surface area contributed by atoms with Gasteiger partial charge in [-0.3, -0.25) is 9.59 Å². The van der Waals surface area contributed by atoms with Gasteiger partial charge in [0.25, 0.3) is 11.8 Å². The van der Waals surface area contributed by atoms with E-state index in [-0.39, 0.29) is 11.8 Å². The predicted octanol–water partition coefficient (Wildman–Crippen LogP) is 8.69. The van der Waals surface area contributed by atoms with Crippen molar-refractivity contribution in [3.8, 4) is 22.5 Å². The van der Waals surface area contributed by atoms with E-state index < -0.39 is 11.0 Å². The Bertz CT molecular complexity index is 2330. The van der Waals surface area contributed by atoms with Crippen LogP contribution in [0.2, 0.25) is 0 Å². The van der Waals surface area contributed by atoms with Crippen LogP contribution in [-0.4, -0.2) is 42.0 Å². The van der Waals surface area contributed by atoms with Gasteiger partial charge in [-0.05, 0) is 62.2 Å². The third kappa shape index (κ3) is 5.81. The van der Waals surface area contributed by atoms with E-state index in [2.05, 4.69) is 114 Å². The summed E-state index contributed by atoms with van der Waals surface area (Å²) in [5, 5.41) is 17.2. The maximum absolute atomic E-state index is 14.1. The minimum absolute atomic E-state index is 0.0697. The van der Waals surface area contributed by atoms with Gasteiger partial charge in [-0.15, -0.1) is 5.10 Å². The summed E-state index contributed by atoms with van der Waals surface area (Å²) in [5.41, 5.74) is 6.02. The predicted molar refractivity (Wildman–Crippen MR) is 212 cm³/mol. The quantitative estimate of drug-likeness (QED) is 0.104. The monoisotopic (exact) mass is 720 g/mol. The van der Waals surface area contributed by atoms with Crippen molar-refractivity contribution in [2.45, 2.75) is 44.3 Å². The summed E-state index contributed by atoms with van der Waals surface area (Å²) in [4.78, 5) is 28.0. The Morgan fingerprint density at radius 2 is 0.945 bits per heavy atom. The van der Waals surface area contributed by atoms with Gasteiger partial charge in [0.05, 0.1) is 13.1 Å². The average molecular weight is 721 g/mol. The lowest BCUT2D eigenvalue weighted by atomic mass is 9.77. The average Bonchev–Trinajstić information content (AvgIpc) is 3.99. The number of hydrogen-bond acceptors (Lipinski definition) is 5. The smallest absolute Gasteiger partial charge is 0.257 e. The summed E-state index contributed by atoms with van der Waals surface area (Å²) in [6, 6.07) is 57.5. The molecule has 1 spiro atoms. The van der Waals surface area contributed by atoms with Crippen molar-refractivity contribution in [2.24, 2.45) is 5.41 Å². The van der Waals surface area contributed by atoms with E-state index in [1.165, 1.54) is 0 Å². The SMILES string of the molecule is O=C1N(Cc2ccccc2)N(Cc2ccc(-c3ccccc3-c3nnnn3C(c3ccccc3)(c3ccccc3)c3ccccc3)cc2)C(=O)C12CCCC2. The van der Waals surface area contributed by atoms with Gasteiger partial charge in [-0.25, -0.2) is 14.7 Å². The highest BCUT2D eigenvalue weighted by molar-refractivity contribution is 6.10. The fraction of sp³-hybridized carbons (Fsp3) is 0.170. The highest BCUT2D eigenvalue weighted by atomic mass is 16.2. The molecule has 0 N–H and O–H groups in total. The van der Waals surface area contributed by atoms with Crippen LogP contribution in [0.3, 0.4) is 0 Å². The zero-order chi connectivity index (χ0) is 37.2. The molecule has 1 saturated heterocycles. The number of rotatable bonds is 10. The zero-order valence-electron chi connectivity index (χ0n) is 30.4. The molecule has 0 bridgehead atoms. The van der Waals surface area contributed by atoms with Gasteiger partial charge in [-0.2, -0.15) is 0 Å². The van der Waals surface area contributed by atoms with Crippen molar-refractivity contribution in [2.75, 3.05) is 0 Å². The topological polar surface area (TPSA) is 84.2 Å². The van der Waals surface area contributed by atoms with Crippen LogP contribution < -0.4 is 0 Å². The molecule has 2 heterocycles. The number of hydrazine groups is 1. The first-order valence-corrected chi connectivity index (χ1v) is 18.9. The van der Waals surface area contributed by atoms with Crippen LogP contribution in [0, 0.1) is 5.41 Å². The number of nitrogens with zero attached hydrogens (tertiary/aromatic N) is 6. The summed E-state index contributed by atoms with van der Waals surface area (Å²) in [5.74, 6) is 0.474. The van der Waals surface area contributed by atoms with Gasteiger partial charge in [0.1, 0.15) is 11.0 Å². The molecule has 7 aromatic rings. The third-order valence-electron chi connectivity index (χ3n) is 11.3. The second-order valence-electron chi connectivity index (χ2n) is 14.5. The molecule has 2 amide bonds. The molecule has 9 rings (SSSR count). The summed E-state index contributed by atoms with van der Waals surface area (Å²) in [6.07, 6.45) is 3.01. The Morgan fingerprint density at radius 3 is 1.45 bits per heavy atom. The Kier molecular flexibility index (Phi) is 8.86. The number of carbonyl (C=O) groups is 2. The van der Waals surface area contributed by atoms with Crippen molar-refractivity contribution < 1.29 is 9.59 Å². The summed E-state index contributed by atoms with van der Waals surface area (Å²) in [7, 11) is 0. The van der Waals surface area contributed by atoms with Crippen LogP contribution in [0.15, 0.2) is 170 Å². The van der Waals surface area contributed by atoms with E-state index in [0.29, 0.717) is 31.8 Å². The lowest BCUT2D eigenvalue weighted by Crippen LogP contribution is -2.39. The van der Waals surface area contributed by atoms with Crippen LogP contribution in [-0.2, 0) is 28.2 Å². The number of hydrogen-bond donors (Lipinski definition) is 0. The number of carbonyl (C=O) groups excluding carboxylic acids is 2. The van der Waals surface area contributed by atoms with Crippen molar-refractivity contribution in [3.05, 3.63) is 198 Å². The molecule has 55 heavy (non-hydrogen) atoms. The molecular weight excluding hydrogens is 681 g/mol. The number of aromatic nitrogens is 4. The standard InChI is InChI=1S/C47H40N6O2/c54-44-46(31-15-16-32-46)45(55)52(51(44)33-35-17-5-1-6-18-35)34-36-27-29-37(30-28-36)41-25-13-14-26-42(41)43-48-49-50-53(43)47(38-19-7-2-8-20-38,39-21-9-3-10-22-39)40-23-11-4-12-24-40/h1-14,17-30H,15-16,31-34H2. The van der Waals surface area contributed by atoms with Crippen molar-refractivity contribution in [1.82, 2.24) is 30.2 Å². The molecule has 270 valence electrons. The fourth-order valence-electron chi connectivity index (χ4n) is 8.66. The molecule has 8 nitrogen and oxygen atoms in total. The Hall–Kier alpha value is -6.67. The van der Waals surface area contributed by atoms with Crippen LogP contribution in [0.1, 0.15) is 53.5 Å². The third-order valence-corrected chi connectivity index (χ3v) is 11.3. The first-order chi connectivity index (χ1) is 27.1. The van der Waals surface area contributed by atoms with Gasteiger partial charge < -0.3 is 0 Å². The second kappa shape index (κ2) is 14.3. The van der Waals surface area contributed by atoms with Crippen molar-refractivity contribution in [1.29, 1.82) is 0 Å². The van der Waals surface area contributed by atoms with Crippen LogP contribution in [0.25, 0.3) is 22.5 Å². The summed E-state index contributed by atoms with van der Waals surface area (Å²) >= 11 is 0. The maximum atomic E-state index is 14.1. The van der Waals surface area contributed by atoms with Gasteiger partial charge in [0, 0.05) is 5.56 Å². The molecule has 0 radical (unpaired) electrons. The number of amides is 2. The highest BCUT2D eigenvalue weighted by Crippen LogP contribution is 2.47. The van der Waals surface area contributed by atoms with Crippen molar-refractivity contribution >= 4 is 11.8 Å². The molecule has 2 aliphatic rings. The molecule has 0 atom stereocenters. The molecule has 1 aliphatic carbocycles.